The van der Waals surface area contributed by atoms with E-state index in [9.17, 15) is 13.2 Å². The number of nitrogens with two attached hydrogens (primary N) is 1. The number of halogens is 3. The molecule has 3 N–H and O–H groups in total. The van der Waals surface area contributed by atoms with Crippen LogP contribution in [0.1, 0.15) is 11.1 Å². The zero-order valence-corrected chi connectivity index (χ0v) is 16.3. The molecule has 0 unspecified atom stereocenters. The fourth-order valence-electron chi connectivity index (χ4n) is 2.66. The number of hydrogen-bond donors (Lipinski definition) is 2. The number of guanidine groups is 1. The quantitative estimate of drug-likeness (QED) is 0.489. The van der Waals surface area contributed by atoms with E-state index in [1.165, 1.54) is 12.1 Å². The molecule has 0 saturated carbocycles. The molecule has 0 fully saturated rings. The van der Waals surface area contributed by atoms with Crippen LogP contribution in [-0.4, -0.2) is 39.6 Å². The van der Waals surface area contributed by atoms with Crippen molar-refractivity contribution in [3.63, 3.8) is 0 Å². The largest absolute Gasteiger partial charge is 0.573 e. The predicted octanol–water partition coefficient (Wildman–Crippen LogP) is 3.29. The molecule has 0 aromatic heterocycles. The summed E-state index contributed by atoms with van der Waals surface area (Å²) in [5, 5.41) is 2.98. The molecule has 0 aliphatic rings. The Balaban J connectivity index is 1.83. The minimum Gasteiger partial charge on any atom is -0.493 e. The lowest BCUT2D eigenvalue weighted by Crippen LogP contribution is -2.33. The van der Waals surface area contributed by atoms with Crippen molar-refractivity contribution < 1.29 is 27.4 Å². The van der Waals surface area contributed by atoms with E-state index < -0.39 is 6.36 Å². The van der Waals surface area contributed by atoms with Crippen LogP contribution in [0.15, 0.2) is 47.5 Å². The van der Waals surface area contributed by atoms with E-state index in [0.717, 1.165) is 5.56 Å². The van der Waals surface area contributed by atoms with Crippen molar-refractivity contribution in [3.8, 4) is 17.2 Å². The smallest absolute Gasteiger partial charge is 0.493 e. The topological polar surface area (TPSA) is 78.1 Å². The Bertz CT molecular complexity index is 826. The summed E-state index contributed by atoms with van der Waals surface area (Å²) in [6.07, 6.45) is -3.78. The maximum atomic E-state index is 12.4. The predicted molar refractivity (Wildman–Crippen MR) is 105 cm³/mol. The number of para-hydroxylation sites is 1. The van der Waals surface area contributed by atoms with Crippen LogP contribution >= 0.6 is 0 Å². The van der Waals surface area contributed by atoms with Gasteiger partial charge in [0.1, 0.15) is 5.75 Å². The standard InChI is InChI=1S/C20H24F3N3O3/c1-27-17-8-7-14(13-18(17)28-2)9-11-25-19(24)26-12-10-15-5-3-4-6-16(15)29-20(21,22)23/h3-8,13H,9-12H2,1-2H3,(H3,24,25,26). The van der Waals surface area contributed by atoms with Gasteiger partial charge in [-0.25, -0.2) is 0 Å². The number of hydrogen-bond acceptors (Lipinski definition) is 4. The molecule has 9 heteroatoms. The number of methoxy groups -OCH3 is 2. The van der Waals surface area contributed by atoms with Crippen LogP contribution < -0.4 is 25.3 Å². The summed E-state index contributed by atoms with van der Waals surface area (Å²) < 4.78 is 51.8. The Morgan fingerprint density at radius 2 is 1.72 bits per heavy atom. The Kier molecular flexibility index (Phi) is 7.99. The summed E-state index contributed by atoms with van der Waals surface area (Å²) in [7, 11) is 3.15. The van der Waals surface area contributed by atoms with Gasteiger partial charge < -0.3 is 25.3 Å². The molecule has 0 aliphatic carbocycles. The van der Waals surface area contributed by atoms with Crippen LogP contribution in [-0.2, 0) is 12.8 Å². The molecule has 0 saturated heterocycles. The number of alkyl halides is 3. The molecule has 2 rings (SSSR count). The molecule has 0 radical (unpaired) electrons. The van der Waals surface area contributed by atoms with Crippen LogP contribution in [0.5, 0.6) is 17.2 Å². The van der Waals surface area contributed by atoms with Gasteiger partial charge in [0.2, 0.25) is 0 Å². The molecule has 0 atom stereocenters. The lowest BCUT2D eigenvalue weighted by molar-refractivity contribution is -0.274. The Hall–Kier alpha value is -3.10. The van der Waals surface area contributed by atoms with Crippen molar-refractivity contribution in [2.24, 2.45) is 10.7 Å². The molecule has 0 bridgehead atoms. The first-order chi connectivity index (χ1) is 13.8. The van der Waals surface area contributed by atoms with Crippen LogP contribution in [0.4, 0.5) is 13.2 Å². The summed E-state index contributed by atoms with van der Waals surface area (Å²) in [6, 6.07) is 11.6. The van der Waals surface area contributed by atoms with Gasteiger partial charge in [-0.2, -0.15) is 0 Å². The summed E-state index contributed by atoms with van der Waals surface area (Å²) in [6.45, 7) is 0.770. The lowest BCUT2D eigenvalue weighted by atomic mass is 10.1. The van der Waals surface area contributed by atoms with E-state index in [-0.39, 0.29) is 24.7 Å². The number of benzene rings is 2. The van der Waals surface area contributed by atoms with Crippen molar-refractivity contribution in [1.29, 1.82) is 0 Å². The molecule has 2 aromatic carbocycles. The molecular weight excluding hydrogens is 387 g/mol. The molecule has 0 spiro atoms. The van der Waals surface area contributed by atoms with E-state index in [4.69, 9.17) is 15.2 Å². The van der Waals surface area contributed by atoms with Crippen molar-refractivity contribution in [1.82, 2.24) is 5.32 Å². The first-order valence-electron chi connectivity index (χ1n) is 8.90. The number of nitrogens with zero attached hydrogens (tertiary/aromatic N) is 1. The number of rotatable bonds is 9. The minimum absolute atomic E-state index is 0.222. The highest BCUT2D eigenvalue weighted by Crippen LogP contribution is 2.28. The second kappa shape index (κ2) is 10.4. The maximum Gasteiger partial charge on any atom is 0.573 e. The van der Waals surface area contributed by atoms with Crippen molar-refractivity contribution in [2.45, 2.75) is 19.2 Å². The molecule has 0 amide bonds. The number of nitrogens with one attached hydrogen (secondary N) is 1. The van der Waals surface area contributed by atoms with Gasteiger partial charge >= 0.3 is 6.36 Å². The molecule has 2 aromatic rings. The monoisotopic (exact) mass is 411 g/mol. The second-order valence-electron chi connectivity index (χ2n) is 6.04. The number of ether oxygens (including phenoxy) is 3. The lowest BCUT2D eigenvalue weighted by Gasteiger charge is -2.12. The average molecular weight is 411 g/mol. The average Bonchev–Trinajstić information content (AvgIpc) is 2.68. The molecule has 6 nitrogen and oxygen atoms in total. The third-order valence-corrected chi connectivity index (χ3v) is 4.03. The van der Waals surface area contributed by atoms with Gasteiger partial charge in [-0.3, -0.25) is 4.99 Å². The highest BCUT2D eigenvalue weighted by Gasteiger charge is 2.31. The summed E-state index contributed by atoms with van der Waals surface area (Å²) >= 11 is 0. The SMILES string of the molecule is COc1ccc(CCNC(N)=NCCc2ccccc2OC(F)(F)F)cc1OC. The molecule has 158 valence electrons. The van der Waals surface area contributed by atoms with Gasteiger partial charge in [-0.15, -0.1) is 13.2 Å². The van der Waals surface area contributed by atoms with Crippen LogP contribution in [0.3, 0.4) is 0 Å². The first kappa shape index (κ1) is 22.2. The third kappa shape index (κ3) is 7.44. The van der Waals surface area contributed by atoms with Crippen molar-refractivity contribution in [3.05, 3.63) is 53.6 Å². The molecule has 0 heterocycles. The first-order valence-corrected chi connectivity index (χ1v) is 8.90. The van der Waals surface area contributed by atoms with Gasteiger partial charge in [0.25, 0.3) is 0 Å². The second-order valence-corrected chi connectivity index (χ2v) is 6.04. The van der Waals surface area contributed by atoms with Gasteiger partial charge in [0, 0.05) is 13.1 Å². The number of aliphatic imine (C=N–C) groups is 1. The molecule has 29 heavy (non-hydrogen) atoms. The zero-order valence-electron chi connectivity index (χ0n) is 16.3. The fourth-order valence-corrected chi connectivity index (χ4v) is 2.66. The zero-order chi connectivity index (χ0) is 21.3. The van der Waals surface area contributed by atoms with E-state index in [0.29, 0.717) is 30.0 Å². The van der Waals surface area contributed by atoms with Gasteiger partial charge in [0.15, 0.2) is 17.5 Å². The van der Waals surface area contributed by atoms with Crippen molar-refractivity contribution in [2.75, 3.05) is 27.3 Å². The summed E-state index contributed by atoms with van der Waals surface area (Å²) in [5.41, 5.74) is 7.26. The Morgan fingerprint density at radius 1 is 1.00 bits per heavy atom. The minimum atomic E-state index is -4.73. The van der Waals surface area contributed by atoms with Gasteiger partial charge in [0.05, 0.1) is 14.2 Å². The van der Waals surface area contributed by atoms with Crippen LogP contribution in [0.25, 0.3) is 0 Å². The normalized spacial score (nSPS) is 11.8. The van der Waals surface area contributed by atoms with Crippen LogP contribution in [0.2, 0.25) is 0 Å². The van der Waals surface area contributed by atoms with Crippen LogP contribution in [0, 0.1) is 0 Å². The Morgan fingerprint density at radius 3 is 2.41 bits per heavy atom. The van der Waals surface area contributed by atoms with E-state index >= 15 is 0 Å². The summed E-state index contributed by atoms with van der Waals surface area (Å²) in [4.78, 5) is 4.15. The third-order valence-electron chi connectivity index (χ3n) is 4.03. The molecule has 0 aliphatic heterocycles. The van der Waals surface area contributed by atoms with Crippen molar-refractivity contribution >= 4 is 5.96 Å². The van der Waals surface area contributed by atoms with E-state index in [1.54, 1.807) is 26.4 Å². The van der Waals surface area contributed by atoms with Gasteiger partial charge in [-0.05, 0) is 42.2 Å². The fraction of sp³-hybridized carbons (Fsp3) is 0.350. The highest BCUT2D eigenvalue weighted by molar-refractivity contribution is 5.77. The highest BCUT2D eigenvalue weighted by atomic mass is 19.4. The molecular formula is C20H24F3N3O3. The van der Waals surface area contributed by atoms with E-state index in [2.05, 4.69) is 15.0 Å². The Labute approximate surface area is 167 Å². The summed E-state index contributed by atoms with van der Waals surface area (Å²) in [5.74, 6) is 1.29. The van der Waals surface area contributed by atoms with E-state index in [1.807, 2.05) is 18.2 Å². The maximum absolute atomic E-state index is 12.4. The van der Waals surface area contributed by atoms with Gasteiger partial charge in [-0.1, -0.05) is 24.3 Å².